The van der Waals surface area contributed by atoms with Crippen molar-refractivity contribution in [3.05, 3.63) is 28.8 Å². The van der Waals surface area contributed by atoms with Crippen molar-refractivity contribution < 1.29 is 25.8 Å². The Morgan fingerprint density at radius 1 is 1.03 bits per heavy atom. The molecule has 0 unspecified atom stereocenters. The molecule has 1 saturated carbocycles. The van der Waals surface area contributed by atoms with E-state index in [1.807, 2.05) is 6.92 Å². The molecule has 1 fully saturated rings. The summed E-state index contributed by atoms with van der Waals surface area (Å²) >= 11 is 0. The monoisotopic (exact) mass is 433 g/mol. The Bertz CT molecular complexity index is 908. The van der Waals surface area contributed by atoms with Crippen molar-refractivity contribution in [3.63, 3.8) is 0 Å². The van der Waals surface area contributed by atoms with Crippen LogP contribution in [0.2, 0.25) is 0 Å². The Hall–Kier alpha value is -1.28. The number of benzene rings is 1. The first-order valence-electron chi connectivity index (χ1n) is 10.0. The summed E-state index contributed by atoms with van der Waals surface area (Å²) in [4.78, 5) is 2.48. The van der Waals surface area contributed by atoms with Gasteiger partial charge in [0.25, 0.3) is 0 Å². The fraction of sp³-hybridized carbons (Fsp3) is 0.714. The van der Waals surface area contributed by atoms with Gasteiger partial charge in [-0.1, -0.05) is 19.3 Å². The van der Waals surface area contributed by atoms with Gasteiger partial charge in [-0.05, 0) is 83.2 Å². The molecule has 0 atom stereocenters. The van der Waals surface area contributed by atoms with E-state index in [2.05, 4.69) is 43.7 Å². The zero-order valence-corrected chi connectivity index (χ0v) is 18.7. The van der Waals surface area contributed by atoms with Crippen LogP contribution in [-0.4, -0.2) is 24.4 Å². The molecule has 1 heterocycles. The maximum Gasteiger partial charge on any atom is 0.534 e. The van der Waals surface area contributed by atoms with E-state index in [0.717, 1.165) is 48.8 Å². The summed E-state index contributed by atoms with van der Waals surface area (Å²) in [6, 6.07) is 2.94. The van der Waals surface area contributed by atoms with E-state index in [0.29, 0.717) is 0 Å². The van der Waals surface area contributed by atoms with Gasteiger partial charge in [0.15, 0.2) is 0 Å². The van der Waals surface area contributed by atoms with Gasteiger partial charge in [-0.25, -0.2) is 0 Å². The van der Waals surface area contributed by atoms with Gasteiger partial charge in [-0.15, -0.1) is 0 Å². The molecule has 0 amide bonds. The van der Waals surface area contributed by atoms with Crippen molar-refractivity contribution in [2.24, 2.45) is 0 Å². The first-order chi connectivity index (χ1) is 13.0. The van der Waals surface area contributed by atoms with Crippen LogP contribution in [0.3, 0.4) is 0 Å². The molecule has 0 aromatic heterocycles. The highest BCUT2D eigenvalue weighted by Crippen LogP contribution is 2.60. The number of aryl methyl sites for hydroxylation is 1. The lowest BCUT2D eigenvalue weighted by atomic mass is 9.75. The topological polar surface area (TPSA) is 46.6 Å². The molecule has 1 aliphatic heterocycles. The Morgan fingerprint density at radius 3 is 2.07 bits per heavy atom. The number of halogens is 3. The molecule has 1 aromatic carbocycles. The minimum absolute atomic E-state index is 0.189. The molecule has 164 valence electrons. The smallest absolute Gasteiger partial charge is 0.376 e. The quantitative estimate of drug-likeness (QED) is 0.441. The Labute approximate surface area is 171 Å². The number of rotatable bonds is 2. The second kappa shape index (κ2) is 6.61. The fourth-order valence-corrected chi connectivity index (χ4v) is 6.48. The summed E-state index contributed by atoms with van der Waals surface area (Å²) in [5, 5.41) is 0. The van der Waals surface area contributed by atoms with Gasteiger partial charge in [-0.2, -0.15) is 21.6 Å². The van der Waals surface area contributed by atoms with E-state index < -0.39 is 15.6 Å². The zero-order chi connectivity index (χ0) is 22.0. The standard InChI is InChI=1S/C21H30F3NO3S/c1-14-12-15(28-29(26,27)21(22,23)24)13-16-17(14)19(5,6)25(18(2,3)4)20(16)10-8-7-9-11-20/h12-13H,7-11H2,1-6H3. The Balaban J connectivity index is 2.23. The maximum absolute atomic E-state index is 12.9. The highest BCUT2D eigenvalue weighted by atomic mass is 32.2. The molecule has 3 rings (SSSR count). The van der Waals surface area contributed by atoms with Crippen molar-refractivity contribution >= 4 is 10.1 Å². The van der Waals surface area contributed by atoms with Crippen molar-refractivity contribution in [1.82, 2.24) is 4.90 Å². The van der Waals surface area contributed by atoms with E-state index >= 15 is 0 Å². The Morgan fingerprint density at radius 2 is 1.59 bits per heavy atom. The van der Waals surface area contributed by atoms with Crippen LogP contribution in [0.5, 0.6) is 5.75 Å². The fourth-order valence-electron chi connectivity index (χ4n) is 6.03. The molecule has 0 N–H and O–H groups in total. The van der Waals surface area contributed by atoms with Crippen LogP contribution in [0.25, 0.3) is 0 Å². The molecule has 4 nitrogen and oxygen atoms in total. The Kier molecular flexibility index (Phi) is 5.11. The van der Waals surface area contributed by atoms with Gasteiger partial charge in [0.05, 0.1) is 0 Å². The van der Waals surface area contributed by atoms with Gasteiger partial charge in [0.1, 0.15) is 5.75 Å². The SMILES string of the molecule is Cc1cc(OS(=O)(=O)C(F)(F)F)cc2c1C(C)(C)N(C(C)(C)C)C21CCCCC1. The van der Waals surface area contributed by atoms with E-state index in [1.54, 1.807) is 0 Å². The molecule has 0 radical (unpaired) electrons. The molecule has 1 spiro atoms. The normalized spacial score (nSPS) is 22.0. The summed E-state index contributed by atoms with van der Waals surface area (Å²) < 4.78 is 66.3. The molecule has 2 aliphatic rings. The third kappa shape index (κ3) is 3.46. The number of fused-ring (bicyclic) bond motifs is 2. The highest BCUT2D eigenvalue weighted by molar-refractivity contribution is 7.88. The molecule has 1 aliphatic carbocycles. The van der Waals surface area contributed by atoms with Crippen LogP contribution < -0.4 is 4.18 Å². The molecule has 8 heteroatoms. The van der Waals surface area contributed by atoms with Crippen LogP contribution in [-0.2, 0) is 21.2 Å². The van der Waals surface area contributed by atoms with E-state index in [-0.39, 0.29) is 22.4 Å². The molecule has 0 saturated heterocycles. The number of nitrogens with zero attached hydrogens (tertiary/aromatic N) is 1. The van der Waals surface area contributed by atoms with Crippen LogP contribution >= 0.6 is 0 Å². The second-order valence-corrected chi connectivity index (χ2v) is 11.3. The van der Waals surface area contributed by atoms with E-state index in [9.17, 15) is 21.6 Å². The summed E-state index contributed by atoms with van der Waals surface area (Å²) in [5.41, 5.74) is -3.63. The van der Waals surface area contributed by atoms with Crippen LogP contribution in [0, 0.1) is 6.92 Å². The lowest BCUT2D eigenvalue weighted by molar-refractivity contribution is -0.0764. The van der Waals surface area contributed by atoms with Crippen molar-refractivity contribution in [1.29, 1.82) is 0 Å². The van der Waals surface area contributed by atoms with Gasteiger partial charge in [0, 0.05) is 16.6 Å². The third-order valence-electron chi connectivity index (χ3n) is 6.25. The highest BCUT2D eigenvalue weighted by Gasteiger charge is 2.58. The lowest BCUT2D eigenvalue weighted by Gasteiger charge is -2.54. The second-order valence-electron chi connectivity index (χ2n) is 9.80. The minimum atomic E-state index is -5.71. The van der Waals surface area contributed by atoms with Gasteiger partial charge < -0.3 is 4.18 Å². The molecule has 1 aromatic rings. The predicted molar refractivity (Wildman–Crippen MR) is 106 cm³/mol. The largest absolute Gasteiger partial charge is 0.534 e. The first kappa shape index (κ1) is 22.4. The molecule has 0 bridgehead atoms. The summed E-state index contributed by atoms with van der Waals surface area (Å²) in [7, 11) is -5.71. The van der Waals surface area contributed by atoms with Crippen molar-refractivity contribution in [3.8, 4) is 5.75 Å². The van der Waals surface area contributed by atoms with Gasteiger partial charge in [-0.3, -0.25) is 4.90 Å². The van der Waals surface area contributed by atoms with Crippen LogP contribution in [0.1, 0.15) is 83.4 Å². The number of hydrogen-bond acceptors (Lipinski definition) is 4. The van der Waals surface area contributed by atoms with Gasteiger partial charge >= 0.3 is 15.6 Å². The van der Waals surface area contributed by atoms with Crippen LogP contribution in [0.4, 0.5) is 13.2 Å². The summed E-state index contributed by atoms with van der Waals surface area (Å²) in [6.45, 7) is 12.5. The average molecular weight is 434 g/mol. The van der Waals surface area contributed by atoms with Crippen molar-refractivity contribution in [2.45, 2.75) is 95.8 Å². The number of alkyl halides is 3. The van der Waals surface area contributed by atoms with Gasteiger partial charge in [0.2, 0.25) is 0 Å². The molecular weight excluding hydrogens is 403 g/mol. The van der Waals surface area contributed by atoms with E-state index in [1.165, 1.54) is 12.1 Å². The summed E-state index contributed by atoms with van der Waals surface area (Å²) in [6.07, 6.45) is 4.93. The molecule has 29 heavy (non-hydrogen) atoms. The maximum atomic E-state index is 12.9. The van der Waals surface area contributed by atoms with Crippen LogP contribution in [0.15, 0.2) is 12.1 Å². The lowest BCUT2D eigenvalue weighted by Crippen LogP contribution is -2.58. The van der Waals surface area contributed by atoms with E-state index in [4.69, 9.17) is 0 Å². The minimum Gasteiger partial charge on any atom is -0.376 e. The predicted octanol–water partition coefficient (Wildman–Crippen LogP) is 5.73. The zero-order valence-electron chi connectivity index (χ0n) is 17.9. The molecular formula is C21H30F3NO3S. The van der Waals surface area contributed by atoms with Crippen molar-refractivity contribution in [2.75, 3.05) is 0 Å². The number of hydrogen-bond donors (Lipinski definition) is 0. The summed E-state index contributed by atoms with van der Waals surface area (Å²) in [5.74, 6) is -0.268. The average Bonchev–Trinajstić information content (AvgIpc) is 2.70. The first-order valence-corrected chi connectivity index (χ1v) is 11.4. The third-order valence-corrected chi connectivity index (χ3v) is 7.23.